The number of aryl methyl sites for hydroxylation is 1. The lowest BCUT2D eigenvalue weighted by Gasteiger charge is -1.99. The molecule has 0 unspecified atom stereocenters. The van der Waals surface area contributed by atoms with Gasteiger partial charge in [-0.05, 0) is 0 Å². The normalized spacial score (nSPS) is 10.4. The van der Waals surface area contributed by atoms with Crippen LogP contribution in [0.15, 0.2) is 17.6 Å². The molecule has 1 aromatic heterocycles. The fraction of sp³-hybridized carbons (Fsp3) is 0.500. The Kier molecular flexibility index (Phi) is 3.41. The van der Waals surface area contributed by atoms with Crippen LogP contribution in [0.25, 0.3) is 0 Å². The van der Waals surface area contributed by atoms with Crippen molar-refractivity contribution in [3.63, 3.8) is 0 Å². The molecule has 5 heteroatoms. The summed E-state index contributed by atoms with van der Waals surface area (Å²) in [4.78, 5) is 8.54. The molecule has 0 aromatic carbocycles. The van der Waals surface area contributed by atoms with E-state index in [1.165, 1.54) is 0 Å². The van der Waals surface area contributed by atoms with E-state index >= 15 is 0 Å². The predicted molar refractivity (Wildman–Crippen MR) is 44.1 cm³/mol. The van der Waals surface area contributed by atoms with Crippen LogP contribution in [0.4, 0.5) is 0 Å². The summed E-state index contributed by atoms with van der Waals surface area (Å²) >= 11 is 1.63. The van der Waals surface area contributed by atoms with Crippen molar-refractivity contribution in [1.82, 2.24) is 9.55 Å². The SMILES string of the molecule is Cn1ccnc1SCCON. The van der Waals surface area contributed by atoms with Crippen LogP contribution in [0.2, 0.25) is 0 Å². The molecule has 0 spiro atoms. The minimum absolute atomic E-state index is 0.553. The summed E-state index contributed by atoms with van der Waals surface area (Å²) in [6.07, 6.45) is 3.68. The third kappa shape index (κ3) is 2.53. The van der Waals surface area contributed by atoms with Crippen molar-refractivity contribution in [2.45, 2.75) is 5.16 Å². The molecule has 0 aliphatic carbocycles. The number of nitrogens with zero attached hydrogens (tertiary/aromatic N) is 2. The summed E-state index contributed by atoms with van der Waals surface area (Å²) in [5, 5.41) is 0.988. The highest BCUT2D eigenvalue weighted by atomic mass is 32.2. The maximum Gasteiger partial charge on any atom is 0.167 e. The van der Waals surface area contributed by atoms with Gasteiger partial charge in [-0.25, -0.2) is 10.9 Å². The van der Waals surface area contributed by atoms with Gasteiger partial charge < -0.3 is 9.40 Å². The summed E-state index contributed by atoms with van der Waals surface area (Å²) in [6, 6.07) is 0. The first-order valence-electron chi connectivity index (χ1n) is 3.26. The Hall–Kier alpha value is -0.520. The van der Waals surface area contributed by atoms with E-state index in [1.54, 1.807) is 18.0 Å². The minimum atomic E-state index is 0.553. The second-order valence-electron chi connectivity index (χ2n) is 2.04. The third-order valence-electron chi connectivity index (χ3n) is 1.21. The van der Waals surface area contributed by atoms with Crippen molar-refractivity contribution in [3.05, 3.63) is 12.4 Å². The van der Waals surface area contributed by atoms with Crippen molar-refractivity contribution in [3.8, 4) is 0 Å². The average molecular weight is 173 g/mol. The second kappa shape index (κ2) is 4.38. The van der Waals surface area contributed by atoms with Gasteiger partial charge in [0.25, 0.3) is 0 Å². The molecule has 0 saturated carbocycles. The molecule has 1 aromatic rings. The molecule has 1 rings (SSSR count). The van der Waals surface area contributed by atoms with E-state index in [4.69, 9.17) is 5.90 Å². The molecule has 2 N–H and O–H groups in total. The highest BCUT2D eigenvalue weighted by molar-refractivity contribution is 7.99. The van der Waals surface area contributed by atoms with Crippen LogP contribution in [0.1, 0.15) is 0 Å². The Morgan fingerprint density at radius 1 is 1.82 bits per heavy atom. The molecule has 0 amide bonds. The van der Waals surface area contributed by atoms with Crippen molar-refractivity contribution in [1.29, 1.82) is 0 Å². The van der Waals surface area contributed by atoms with Gasteiger partial charge in [-0.3, -0.25) is 0 Å². The quantitative estimate of drug-likeness (QED) is 0.407. The number of thioether (sulfide) groups is 1. The lowest BCUT2D eigenvalue weighted by molar-refractivity contribution is 0.155. The van der Waals surface area contributed by atoms with E-state index in [9.17, 15) is 0 Å². The molecule has 0 radical (unpaired) electrons. The molecule has 4 nitrogen and oxygen atoms in total. The van der Waals surface area contributed by atoms with Gasteiger partial charge in [-0.2, -0.15) is 0 Å². The third-order valence-corrected chi connectivity index (χ3v) is 2.23. The van der Waals surface area contributed by atoms with Crippen LogP contribution in [-0.2, 0) is 11.9 Å². The number of imidazole rings is 1. The molecule has 1 heterocycles. The number of hydrogen-bond donors (Lipinski definition) is 1. The molecule has 0 fully saturated rings. The van der Waals surface area contributed by atoms with Gasteiger partial charge in [0.1, 0.15) is 0 Å². The predicted octanol–water partition coefficient (Wildman–Crippen LogP) is 0.402. The summed E-state index contributed by atoms with van der Waals surface area (Å²) < 4.78 is 1.96. The van der Waals surface area contributed by atoms with Crippen molar-refractivity contribution in [2.24, 2.45) is 12.9 Å². The molecule has 11 heavy (non-hydrogen) atoms. The van der Waals surface area contributed by atoms with E-state index in [1.807, 2.05) is 17.8 Å². The number of rotatable bonds is 4. The van der Waals surface area contributed by atoms with Gasteiger partial charge >= 0.3 is 0 Å². The molecule has 0 aliphatic heterocycles. The Labute approximate surface area is 69.7 Å². The maximum absolute atomic E-state index is 4.87. The van der Waals surface area contributed by atoms with E-state index in [2.05, 4.69) is 9.82 Å². The second-order valence-corrected chi connectivity index (χ2v) is 3.10. The molecule has 0 saturated heterocycles. The Bertz CT molecular complexity index is 213. The Morgan fingerprint density at radius 3 is 3.18 bits per heavy atom. The van der Waals surface area contributed by atoms with Gasteiger partial charge in [0, 0.05) is 25.2 Å². The minimum Gasteiger partial charge on any atom is -0.329 e. The molecule has 0 bridgehead atoms. The van der Waals surface area contributed by atoms with Crippen molar-refractivity contribution in [2.75, 3.05) is 12.4 Å². The fourth-order valence-electron chi connectivity index (χ4n) is 0.672. The number of aromatic nitrogens is 2. The monoisotopic (exact) mass is 173 g/mol. The van der Waals surface area contributed by atoms with E-state index in [-0.39, 0.29) is 0 Å². The van der Waals surface area contributed by atoms with Crippen LogP contribution in [0, 0.1) is 0 Å². The van der Waals surface area contributed by atoms with Gasteiger partial charge in [-0.15, -0.1) is 0 Å². The Morgan fingerprint density at radius 2 is 2.64 bits per heavy atom. The summed E-state index contributed by atoms with van der Waals surface area (Å²) in [6.45, 7) is 0.553. The molecule has 0 aliphatic rings. The highest BCUT2D eigenvalue weighted by Crippen LogP contribution is 2.12. The molecule has 0 atom stereocenters. The van der Waals surface area contributed by atoms with Gasteiger partial charge in [0.2, 0.25) is 0 Å². The average Bonchev–Trinajstić information content (AvgIpc) is 2.37. The zero-order valence-corrected chi connectivity index (χ0v) is 7.17. The standard InChI is InChI=1S/C6H11N3OS/c1-9-3-2-8-6(9)11-5-4-10-7/h2-3H,4-5,7H2,1H3. The first-order chi connectivity index (χ1) is 5.34. The maximum atomic E-state index is 4.87. The smallest absolute Gasteiger partial charge is 0.167 e. The largest absolute Gasteiger partial charge is 0.329 e. The van der Waals surface area contributed by atoms with Crippen molar-refractivity contribution < 1.29 is 4.84 Å². The number of nitrogens with two attached hydrogens (primary N) is 1. The summed E-state index contributed by atoms with van der Waals surface area (Å²) in [7, 11) is 1.96. The van der Waals surface area contributed by atoms with Crippen LogP contribution < -0.4 is 5.90 Å². The van der Waals surface area contributed by atoms with Gasteiger partial charge in [0.15, 0.2) is 5.16 Å². The highest BCUT2D eigenvalue weighted by Gasteiger charge is 1.97. The summed E-state index contributed by atoms with van der Waals surface area (Å²) in [5.41, 5.74) is 0. The van der Waals surface area contributed by atoms with Crippen LogP contribution in [-0.4, -0.2) is 21.9 Å². The van der Waals surface area contributed by atoms with E-state index in [0.717, 1.165) is 10.9 Å². The van der Waals surface area contributed by atoms with Crippen molar-refractivity contribution >= 4 is 11.8 Å². The fourth-order valence-corrected chi connectivity index (χ4v) is 1.43. The van der Waals surface area contributed by atoms with Crippen LogP contribution in [0.3, 0.4) is 0 Å². The Balaban J connectivity index is 2.32. The topological polar surface area (TPSA) is 53.1 Å². The van der Waals surface area contributed by atoms with E-state index in [0.29, 0.717) is 6.61 Å². The zero-order chi connectivity index (χ0) is 8.10. The van der Waals surface area contributed by atoms with Gasteiger partial charge in [-0.1, -0.05) is 11.8 Å². The van der Waals surface area contributed by atoms with E-state index < -0.39 is 0 Å². The lowest BCUT2D eigenvalue weighted by atomic mass is 10.9. The van der Waals surface area contributed by atoms with Crippen LogP contribution in [0.5, 0.6) is 0 Å². The first kappa shape index (κ1) is 8.58. The van der Waals surface area contributed by atoms with Crippen LogP contribution >= 0.6 is 11.8 Å². The van der Waals surface area contributed by atoms with Gasteiger partial charge in [0.05, 0.1) is 6.61 Å². The zero-order valence-electron chi connectivity index (χ0n) is 6.36. The summed E-state index contributed by atoms with van der Waals surface area (Å²) in [5.74, 6) is 5.70. The number of hydrogen-bond acceptors (Lipinski definition) is 4. The molecule has 62 valence electrons. The molecular formula is C6H11N3OS. The molecular weight excluding hydrogens is 162 g/mol. The first-order valence-corrected chi connectivity index (χ1v) is 4.25. The lowest BCUT2D eigenvalue weighted by Crippen LogP contribution is -2.03.